The zero-order valence-corrected chi connectivity index (χ0v) is 13.1. The van der Waals surface area contributed by atoms with E-state index in [2.05, 4.69) is 79.1 Å². The highest BCUT2D eigenvalue weighted by molar-refractivity contribution is 5.22. The molecule has 1 atom stereocenters. The molecule has 0 spiro atoms. The number of aryl methyl sites for hydroxylation is 1. The smallest absolute Gasteiger partial charge is 0.0292 e. The Balaban J connectivity index is 1.58. The van der Waals surface area contributed by atoms with E-state index in [9.17, 15) is 0 Å². The van der Waals surface area contributed by atoms with Gasteiger partial charge < -0.3 is 10.6 Å². The Morgan fingerprint density at radius 3 is 2.48 bits per heavy atom. The van der Waals surface area contributed by atoms with Crippen molar-refractivity contribution in [1.29, 1.82) is 0 Å². The molecule has 0 bridgehead atoms. The van der Waals surface area contributed by atoms with Crippen LogP contribution in [0.3, 0.4) is 0 Å². The van der Waals surface area contributed by atoms with Crippen molar-refractivity contribution in [3.05, 3.63) is 71.3 Å². The predicted octanol–water partition coefficient (Wildman–Crippen LogP) is 3.48. The molecule has 21 heavy (non-hydrogen) atoms. The Bertz CT molecular complexity index is 522. The van der Waals surface area contributed by atoms with Crippen LogP contribution in [0.1, 0.15) is 29.7 Å². The normalized spacial score (nSPS) is 12.3. The minimum absolute atomic E-state index is 0.407. The SMILES string of the molecule is Cc1cccc(CCNCCN[C@@H](C)c2ccccc2)c1. The van der Waals surface area contributed by atoms with Gasteiger partial charge in [0.15, 0.2) is 0 Å². The van der Waals surface area contributed by atoms with Crippen molar-refractivity contribution < 1.29 is 0 Å². The lowest BCUT2D eigenvalue weighted by Crippen LogP contribution is -2.30. The van der Waals surface area contributed by atoms with Gasteiger partial charge in [0.05, 0.1) is 0 Å². The first-order valence-corrected chi connectivity index (χ1v) is 7.80. The van der Waals surface area contributed by atoms with E-state index in [4.69, 9.17) is 0 Å². The van der Waals surface area contributed by atoms with Crippen LogP contribution in [0.15, 0.2) is 54.6 Å². The Morgan fingerprint density at radius 2 is 1.71 bits per heavy atom. The van der Waals surface area contributed by atoms with Crippen molar-refractivity contribution in [3.8, 4) is 0 Å². The fourth-order valence-corrected chi connectivity index (χ4v) is 2.46. The summed E-state index contributed by atoms with van der Waals surface area (Å²) in [6.07, 6.45) is 1.09. The van der Waals surface area contributed by atoms with Crippen molar-refractivity contribution in [2.75, 3.05) is 19.6 Å². The highest BCUT2D eigenvalue weighted by Crippen LogP contribution is 2.10. The summed E-state index contributed by atoms with van der Waals surface area (Å²) in [7, 11) is 0. The van der Waals surface area contributed by atoms with Crippen LogP contribution < -0.4 is 10.6 Å². The highest BCUT2D eigenvalue weighted by atomic mass is 15.0. The standard InChI is InChI=1S/C19H26N2/c1-16-7-6-8-18(15-16)11-12-20-13-14-21-17(2)19-9-4-3-5-10-19/h3-10,15,17,20-21H,11-14H2,1-2H3/t17-/m0/s1. The second kappa shape index (κ2) is 8.60. The van der Waals surface area contributed by atoms with E-state index >= 15 is 0 Å². The van der Waals surface area contributed by atoms with Gasteiger partial charge in [0, 0.05) is 19.1 Å². The average Bonchev–Trinajstić information content (AvgIpc) is 2.51. The fraction of sp³-hybridized carbons (Fsp3) is 0.368. The maximum Gasteiger partial charge on any atom is 0.0292 e. The molecule has 0 unspecified atom stereocenters. The summed E-state index contributed by atoms with van der Waals surface area (Å²) in [5, 5.41) is 7.04. The van der Waals surface area contributed by atoms with Gasteiger partial charge in [-0.2, -0.15) is 0 Å². The molecule has 2 aromatic rings. The molecule has 0 aliphatic rings. The topological polar surface area (TPSA) is 24.1 Å². The lowest BCUT2D eigenvalue weighted by Gasteiger charge is -2.14. The lowest BCUT2D eigenvalue weighted by atomic mass is 10.1. The molecule has 0 saturated carbocycles. The second-order valence-electron chi connectivity index (χ2n) is 5.58. The van der Waals surface area contributed by atoms with Gasteiger partial charge in [-0.05, 0) is 37.9 Å². The van der Waals surface area contributed by atoms with E-state index in [1.165, 1.54) is 16.7 Å². The molecule has 0 fully saturated rings. The molecule has 112 valence electrons. The molecule has 0 aliphatic carbocycles. The first kappa shape index (κ1) is 15.7. The number of nitrogens with one attached hydrogen (secondary N) is 2. The predicted molar refractivity (Wildman–Crippen MR) is 90.6 cm³/mol. The first-order valence-electron chi connectivity index (χ1n) is 7.80. The van der Waals surface area contributed by atoms with Crippen LogP contribution in [0, 0.1) is 6.92 Å². The van der Waals surface area contributed by atoms with Gasteiger partial charge in [-0.3, -0.25) is 0 Å². The van der Waals surface area contributed by atoms with Crippen molar-refractivity contribution in [2.24, 2.45) is 0 Å². The number of hydrogen-bond donors (Lipinski definition) is 2. The zero-order chi connectivity index (χ0) is 14.9. The van der Waals surface area contributed by atoms with Gasteiger partial charge in [-0.1, -0.05) is 60.2 Å². The number of benzene rings is 2. The molecule has 2 aromatic carbocycles. The quantitative estimate of drug-likeness (QED) is 0.724. The third kappa shape index (κ3) is 5.70. The van der Waals surface area contributed by atoms with Gasteiger partial charge in [-0.15, -0.1) is 0 Å². The van der Waals surface area contributed by atoms with Gasteiger partial charge in [0.25, 0.3) is 0 Å². The molecule has 0 aromatic heterocycles. The Morgan fingerprint density at radius 1 is 0.905 bits per heavy atom. The lowest BCUT2D eigenvalue weighted by molar-refractivity contribution is 0.546. The third-order valence-corrected chi connectivity index (χ3v) is 3.72. The molecule has 0 saturated heterocycles. The Hall–Kier alpha value is -1.64. The maximum atomic E-state index is 3.54. The Kier molecular flexibility index (Phi) is 6.45. The average molecular weight is 282 g/mol. The fourth-order valence-electron chi connectivity index (χ4n) is 2.46. The molecule has 2 heteroatoms. The summed E-state index contributed by atoms with van der Waals surface area (Å²) in [5.74, 6) is 0. The molecule has 0 radical (unpaired) electrons. The number of hydrogen-bond acceptors (Lipinski definition) is 2. The van der Waals surface area contributed by atoms with Crippen LogP contribution in [-0.2, 0) is 6.42 Å². The number of rotatable bonds is 8. The van der Waals surface area contributed by atoms with E-state index < -0.39 is 0 Å². The van der Waals surface area contributed by atoms with E-state index in [1.54, 1.807) is 0 Å². The molecule has 0 heterocycles. The molecule has 0 amide bonds. The van der Waals surface area contributed by atoms with Crippen LogP contribution in [0.2, 0.25) is 0 Å². The first-order chi connectivity index (χ1) is 10.3. The molecular formula is C19H26N2. The third-order valence-electron chi connectivity index (χ3n) is 3.72. The summed E-state index contributed by atoms with van der Waals surface area (Å²) in [4.78, 5) is 0. The van der Waals surface area contributed by atoms with Crippen LogP contribution in [-0.4, -0.2) is 19.6 Å². The van der Waals surface area contributed by atoms with E-state index in [1.807, 2.05) is 0 Å². The van der Waals surface area contributed by atoms with E-state index in [0.29, 0.717) is 6.04 Å². The maximum absolute atomic E-state index is 3.54. The Labute approximate surface area is 128 Å². The summed E-state index contributed by atoms with van der Waals surface area (Å²) < 4.78 is 0. The van der Waals surface area contributed by atoms with E-state index in [-0.39, 0.29) is 0 Å². The summed E-state index contributed by atoms with van der Waals surface area (Å²) in [6.45, 7) is 7.38. The largest absolute Gasteiger partial charge is 0.315 e. The van der Waals surface area contributed by atoms with Gasteiger partial charge in [-0.25, -0.2) is 0 Å². The van der Waals surface area contributed by atoms with Crippen LogP contribution >= 0.6 is 0 Å². The van der Waals surface area contributed by atoms with Gasteiger partial charge >= 0.3 is 0 Å². The minimum atomic E-state index is 0.407. The molecular weight excluding hydrogens is 256 g/mol. The molecule has 2 N–H and O–H groups in total. The highest BCUT2D eigenvalue weighted by Gasteiger charge is 2.02. The van der Waals surface area contributed by atoms with Crippen LogP contribution in [0.5, 0.6) is 0 Å². The van der Waals surface area contributed by atoms with E-state index in [0.717, 1.165) is 26.1 Å². The molecule has 0 aliphatic heterocycles. The monoisotopic (exact) mass is 282 g/mol. The van der Waals surface area contributed by atoms with Crippen molar-refractivity contribution in [2.45, 2.75) is 26.3 Å². The van der Waals surface area contributed by atoms with Crippen molar-refractivity contribution in [1.82, 2.24) is 10.6 Å². The summed E-state index contributed by atoms with van der Waals surface area (Å²) in [5.41, 5.74) is 4.09. The van der Waals surface area contributed by atoms with Crippen LogP contribution in [0.4, 0.5) is 0 Å². The van der Waals surface area contributed by atoms with Crippen LogP contribution in [0.25, 0.3) is 0 Å². The van der Waals surface area contributed by atoms with Gasteiger partial charge in [0.1, 0.15) is 0 Å². The minimum Gasteiger partial charge on any atom is -0.315 e. The molecule has 2 rings (SSSR count). The summed E-state index contributed by atoms with van der Waals surface area (Å²) in [6, 6.07) is 19.7. The summed E-state index contributed by atoms with van der Waals surface area (Å²) >= 11 is 0. The second-order valence-corrected chi connectivity index (χ2v) is 5.58. The molecule has 2 nitrogen and oxygen atoms in total. The van der Waals surface area contributed by atoms with Gasteiger partial charge in [0.2, 0.25) is 0 Å². The van der Waals surface area contributed by atoms with Crippen molar-refractivity contribution in [3.63, 3.8) is 0 Å². The van der Waals surface area contributed by atoms with Crippen molar-refractivity contribution >= 4 is 0 Å². The zero-order valence-electron chi connectivity index (χ0n) is 13.1.